The van der Waals surface area contributed by atoms with Crippen molar-refractivity contribution in [1.82, 2.24) is 0 Å². The van der Waals surface area contributed by atoms with Crippen molar-refractivity contribution in [3.05, 3.63) is 0 Å². The lowest BCUT2D eigenvalue weighted by Gasteiger charge is -2.23. The lowest BCUT2D eigenvalue weighted by atomic mass is 9.91. The van der Waals surface area contributed by atoms with Gasteiger partial charge in [0.15, 0.2) is 6.61 Å². The van der Waals surface area contributed by atoms with Gasteiger partial charge in [-0.2, -0.15) is 0 Å². The third-order valence-corrected chi connectivity index (χ3v) is 2.40. The second kappa shape index (κ2) is 6.98. The summed E-state index contributed by atoms with van der Waals surface area (Å²) in [4.78, 5) is 33.3. The third-order valence-electron chi connectivity index (χ3n) is 2.40. The molecule has 104 valence electrons. The number of hydrogen-bond acceptors (Lipinski definition) is 6. The molecule has 0 amide bonds. The fourth-order valence-electron chi connectivity index (χ4n) is 0.858. The van der Waals surface area contributed by atoms with Crippen molar-refractivity contribution in [3.63, 3.8) is 0 Å². The minimum Gasteiger partial charge on any atom is -0.454 e. The molecule has 6 heteroatoms. The van der Waals surface area contributed by atoms with Crippen LogP contribution >= 0.6 is 0 Å². The van der Waals surface area contributed by atoms with Crippen molar-refractivity contribution in [1.29, 1.82) is 0 Å². The zero-order valence-electron chi connectivity index (χ0n) is 11.4. The van der Waals surface area contributed by atoms with Crippen LogP contribution in [-0.2, 0) is 28.6 Å². The molecular formula is C12H20O6. The number of esters is 3. The second-order valence-corrected chi connectivity index (χ2v) is 4.48. The summed E-state index contributed by atoms with van der Waals surface area (Å²) >= 11 is 0. The highest BCUT2D eigenvalue weighted by molar-refractivity contribution is 5.77. The fourth-order valence-corrected chi connectivity index (χ4v) is 0.858. The van der Waals surface area contributed by atoms with E-state index in [0.29, 0.717) is 6.42 Å². The van der Waals surface area contributed by atoms with E-state index < -0.39 is 36.2 Å². The molecule has 1 unspecified atom stereocenters. The molecule has 0 fully saturated rings. The lowest BCUT2D eigenvalue weighted by molar-refractivity contribution is -0.194. The fraction of sp³-hybridized carbons (Fsp3) is 0.750. The van der Waals surface area contributed by atoms with Gasteiger partial charge in [0.1, 0.15) is 0 Å². The minimum atomic E-state index is -1.01. The predicted molar refractivity (Wildman–Crippen MR) is 62.4 cm³/mol. The van der Waals surface area contributed by atoms with Crippen LogP contribution in [0.3, 0.4) is 0 Å². The van der Waals surface area contributed by atoms with Crippen molar-refractivity contribution in [3.8, 4) is 0 Å². The topological polar surface area (TPSA) is 78.9 Å². The van der Waals surface area contributed by atoms with Crippen LogP contribution in [0, 0.1) is 5.41 Å². The second-order valence-electron chi connectivity index (χ2n) is 4.48. The Hall–Kier alpha value is -1.59. The van der Waals surface area contributed by atoms with E-state index in [2.05, 4.69) is 4.74 Å². The van der Waals surface area contributed by atoms with E-state index in [1.54, 1.807) is 13.8 Å². The van der Waals surface area contributed by atoms with Crippen LogP contribution in [0.5, 0.6) is 0 Å². The molecule has 0 saturated heterocycles. The molecule has 0 aromatic carbocycles. The van der Waals surface area contributed by atoms with Crippen LogP contribution in [0.25, 0.3) is 0 Å². The van der Waals surface area contributed by atoms with Gasteiger partial charge < -0.3 is 14.2 Å². The Morgan fingerprint density at radius 3 is 2.17 bits per heavy atom. The van der Waals surface area contributed by atoms with E-state index >= 15 is 0 Å². The van der Waals surface area contributed by atoms with Gasteiger partial charge in [0, 0.05) is 13.8 Å². The summed E-state index contributed by atoms with van der Waals surface area (Å²) in [5.41, 5.74) is -0.628. The Morgan fingerprint density at radius 2 is 1.72 bits per heavy atom. The SMILES string of the molecule is CCC(C)(C)C(=O)OC(C)OC(=O)COC(C)=O. The minimum absolute atomic E-state index is 0.446. The first-order valence-corrected chi connectivity index (χ1v) is 5.73. The summed E-state index contributed by atoms with van der Waals surface area (Å²) in [5.74, 6) is -1.79. The molecule has 0 rings (SSSR count). The van der Waals surface area contributed by atoms with Crippen molar-refractivity contribution in [2.75, 3.05) is 6.61 Å². The molecule has 0 aliphatic heterocycles. The van der Waals surface area contributed by atoms with E-state index in [9.17, 15) is 14.4 Å². The normalized spacial score (nSPS) is 12.5. The zero-order chi connectivity index (χ0) is 14.3. The van der Waals surface area contributed by atoms with Gasteiger partial charge in [0.2, 0.25) is 6.29 Å². The summed E-state index contributed by atoms with van der Waals surface area (Å²) in [6, 6.07) is 0. The Balaban J connectivity index is 4.11. The maximum absolute atomic E-state index is 11.7. The Bertz CT molecular complexity index is 321. The maximum Gasteiger partial charge on any atom is 0.347 e. The maximum atomic E-state index is 11.7. The molecule has 0 aliphatic carbocycles. The van der Waals surface area contributed by atoms with Crippen LogP contribution in [0.2, 0.25) is 0 Å². The van der Waals surface area contributed by atoms with Gasteiger partial charge in [-0.25, -0.2) is 4.79 Å². The standard InChI is InChI=1S/C12H20O6/c1-6-12(4,5)11(15)18-9(3)17-10(14)7-16-8(2)13/h9H,6-7H2,1-5H3. The Morgan fingerprint density at radius 1 is 1.17 bits per heavy atom. The molecule has 0 aromatic heterocycles. The summed E-state index contributed by atoms with van der Waals surface area (Å²) in [7, 11) is 0. The molecule has 0 aliphatic rings. The number of hydrogen-bond donors (Lipinski definition) is 0. The molecule has 0 heterocycles. The summed E-state index contributed by atoms with van der Waals surface area (Å²) in [6.07, 6.45) is -0.397. The molecular weight excluding hydrogens is 240 g/mol. The molecule has 0 N–H and O–H groups in total. The first-order chi connectivity index (χ1) is 8.19. The van der Waals surface area contributed by atoms with Crippen LogP contribution in [0.4, 0.5) is 0 Å². The largest absolute Gasteiger partial charge is 0.454 e. The van der Waals surface area contributed by atoms with Crippen LogP contribution in [0.15, 0.2) is 0 Å². The monoisotopic (exact) mass is 260 g/mol. The first-order valence-electron chi connectivity index (χ1n) is 5.73. The van der Waals surface area contributed by atoms with Crippen molar-refractivity contribution in [2.45, 2.75) is 47.3 Å². The van der Waals surface area contributed by atoms with Gasteiger partial charge >= 0.3 is 17.9 Å². The van der Waals surface area contributed by atoms with Crippen LogP contribution in [0.1, 0.15) is 41.0 Å². The zero-order valence-corrected chi connectivity index (χ0v) is 11.4. The van der Waals surface area contributed by atoms with Crippen molar-refractivity contribution in [2.24, 2.45) is 5.41 Å². The number of carbonyl (C=O) groups is 3. The first kappa shape index (κ1) is 16.4. The summed E-state index contributed by atoms with van der Waals surface area (Å²) < 4.78 is 14.2. The summed E-state index contributed by atoms with van der Waals surface area (Å²) in [6.45, 7) is 7.45. The Labute approximate surface area is 107 Å². The molecule has 0 spiro atoms. The number of rotatable bonds is 6. The molecule has 1 atom stereocenters. The van der Waals surface area contributed by atoms with E-state index in [-0.39, 0.29) is 0 Å². The number of carbonyl (C=O) groups excluding carboxylic acids is 3. The van der Waals surface area contributed by atoms with E-state index in [0.717, 1.165) is 0 Å². The number of ether oxygens (including phenoxy) is 3. The molecule has 0 saturated carbocycles. The van der Waals surface area contributed by atoms with Gasteiger partial charge in [-0.3, -0.25) is 9.59 Å². The average molecular weight is 260 g/mol. The smallest absolute Gasteiger partial charge is 0.347 e. The summed E-state index contributed by atoms with van der Waals surface area (Å²) in [5, 5.41) is 0. The Kier molecular flexibility index (Phi) is 6.36. The average Bonchev–Trinajstić information content (AvgIpc) is 2.25. The van der Waals surface area contributed by atoms with Gasteiger partial charge in [-0.1, -0.05) is 6.92 Å². The van der Waals surface area contributed by atoms with Crippen molar-refractivity contribution < 1.29 is 28.6 Å². The highest BCUT2D eigenvalue weighted by Gasteiger charge is 2.29. The quantitative estimate of drug-likeness (QED) is 0.531. The van der Waals surface area contributed by atoms with Crippen LogP contribution < -0.4 is 0 Å². The van der Waals surface area contributed by atoms with Gasteiger partial charge in [0.25, 0.3) is 0 Å². The van der Waals surface area contributed by atoms with Crippen molar-refractivity contribution >= 4 is 17.9 Å². The lowest BCUT2D eigenvalue weighted by Crippen LogP contribution is -2.32. The molecule has 6 nitrogen and oxygen atoms in total. The molecule has 0 radical (unpaired) electrons. The highest BCUT2D eigenvalue weighted by Crippen LogP contribution is 2.22. The third kappa shape index (κ3) is 6.22. The van der Waals surface area contributed by atoms with Gasteiger partial charge in [0.05, 0.1) is 5.41 Å². The molecule has 0 bridgehead atoms. The molecule has 0 aromatic rings. The van der Waals surface area contributed by atoms with E-state index in [4.69, 9.17) is 9.47 Å². The van der Waals surface area contributed by atoms with Gasteiger partial charge in [-0.05, 0) is 20.3 Å². The van der Waals surface area contributed by atoms with Gasteiger partial charge in [-0.15, -0.1) is 0 Å². The van der Waals surface area contributed by atoms with Crippen LogP contribution in [-0.4, -0.2) is 30.8 Å². The van der Waals surface area contributed by atoms with E-state index in [1.807, 2.05) is 6.92 Å². The highest BCUT2D eigenvalue weighted by atomic mass is 16.7. The van der Waals surface area contributed by atoms with E-state index in [1.165, 1.54) is 13.8 Å². The molecule has 18 heavy (non-hydrogen) atoms. The predicted octanol–water partition coefficient (Wildman–Crippen LogP) is 1.42.